The van der Waals surface area contributed by atoms with Crippen LogP contribution in [0.4, 0.5) is 0 Å². The molecule has 4 nitrogen and oxygen atoms in total. The Balaban J connectivity index is 3.01. The molecule has 0 saturated carbocycles. The summed E-state index contributed by atoms with van der Waals surface area (Å²) in [5.74, 6) is 4.64. The van der Waals surface area contributed by atoms with Crippen molar-refractivity contribution in [1.82, 2.24) is 0 Å². The quantitative estimate of drug-likeness (QED) is 0.599. The van der Waals surface area contributed by atoms with Gasteiger partial charge < -0.3 is 10.6 Å². The summed E-state index contributed by atoms with van der Waals surface area (Å²) in [7, 11) is 0. The average molecular weight is 158 g/mol. The highest BCUT2D eigenvalue weighted by Crippen LogP contribution is 2.22. The zero-order valence-corrected chi connectivity index (χ0v) is 5.85. The standard InChI is InChI=1S/C5H6N2O2S/c6-5(8)4-3(9-7)1-2-10-4/h1-2H,7H2,(H2,6,8). The normalized spacial score (nSPS) is 9.30. The van der Waals surface area contributed by atoms with Gasteiger partial charge in [0.2, 0.25) is 0 Å². The van der Waals surface area contributed by atoms with Crippen LogP contribution in [0.5, 0.6) is 5.75 Å². The highest BCUT2D eigenvalue weighted by atomic mass is 32.1. The molecule has 0 fully saturated rings. The zero-order chi connectivity index (χ0) is 7.56. The number of thiophene rings is 1. The van der Waals surface area contributed by atoms with Crippen molar-refractivity contribution in [3.63, 3.8) is 0 Å². The van der Waals surface area contributed by atoms with Crippen LogP contribution in [0.25, 0.3) is 0 Å². The SMILES string of the molecule is NOc1ccsc1C(N)=O. The molecule has 0 spiro atoms. The molecule has 1 heterocycles. The van der Waals surface area contributed by atoms with Crippen LogP contribution in [0.2, 0.25) is 0 Å². The fourth-order valence-electron chi connectivity index (χ4n) is 0.570. The molecular weight excluding hydrogens is 152 g/mol. The summed E-state index contributed by atoms with van der Waals surface area (Å²) < 4.78 is 0. The van der Waals surface area contributed by atoms with Gasteiger partial charge in [0.25, 0.3) is 5.91 Å². The van der Waals surface area contributed by atoms with Crippen molar-refractivity contribution >= 4 is 17.2 Å². The number of amides is 1. The van der Waals surface area contributed by atoms with Gasteiger partial charge in [-0.3, -0.25) is 4.79 Å². The molecule has 0 aliphatic carbocycles. The van der Waals surface area contributed by atoms with Crippen molar-refractivity contribution in [3.05, 3.63) is 16.3 Å². The van der Waals surface area contributed by atoms with Gasteiger partial charge in [0, 0.05) is 0 Å². The first kappa shape index (κ1) is 7.04. The van der Waals surface area contributed by atoms with Crippen LogP contribution in [-0.2, 0) is 0 Å². The molecule has 10 heavy (non-hydrogen) atoms. The molecule has 0 unspecified atom stereocenters. The van der Waals surface area contributed by atoms with Crippen LogP contribution in [0, 0.1) is 0 Å². The van der Waals surface area contributed by atoms with Crippen LogP contribution in [0.15, 0.2) is 11.4 Å². The van der Waals surface area contributed by atoms with E-state index >= 15 is 0 Å². The molecule has 1 amide bonds. The lowest BCUT2D eigenvalue weighted by Gasteiger charge is -1.94. The Morgan fingerprint density at radius 1 is 1.70 bits per heavy atom. The first-order valence-electron chi connectivity index (χ1n) is 2.49. The Morgan fingerprint density at radius 2 is 2.40 bits per heavy atom. The molecule has 54 valence electrons. The minimum absolute atomic E-state index is 0.331. The first-order valence-corrected chi connectivity index (χ1v) is 3.37. The summed E-state index contributed by atoms with van der Waals surface area (Å²) in [4.78, 5) is 15.2. The lowest BCUT2D eigenvalue weighted by molar-refractivity contribution is 0.100. The van der Waals surface area contributed by atoms with Gasteiger partial charge in [0.05, 0.1) is 0 Å². The van der Waals surface area contributed by atoms with Crippen LogP contribution in [0.3, 0.4) is 0 Å². The second-order valence-electron chi connectivity index (χ2n) is 1.60. The maximum absolute atomic E-state index is 10.5. The lowest BCUT2D eigenvalue weighted by Crippen LogP contribution is -2.12. The van der Waals surface area contributed by atoms with Gasteiger partial charge in [0.1, 0.15) is 4.88 Å². The minimum atomic E-state index is -0.518. The van der Waals surface area contributed by atoms with Gasteiger partial charge in [-0.05, 0) is 11.4 Å². The van der Waals surface area contributed by atoms with Gasteiger partial charge >= 0.3 is 0 Å². The van der Waals surface area contributed by atoms with E-state index < -0.39 is 5.91 Å². The van der Waals surface area contributed by atoms with Gasteiger partial charge in [-0.2, -0.15) is 5.90 Å². The van der Waals surface area contributed by atoms with Gasteiger partial charge in [-0.25, -0.2) is 0 Å². The van der Waals surface area contributed by atoms with E-state index in [1.165, 1.54) is 11.3 Å². The molecule has 0 radical (unpaired) electrons. The molecule has 0 bridgehead atoms. The summed E-state index contributed by atoms with van der Waals surface area (Å²) in [5.41, 5.74) is 4.97. The maximum atomic E-state index is 10.5. The number of rotatable bonds is 2. The van der Waals surface area contributed by atoms with E-state index in [2.05, 4.69) is 4.84 Å². The number of hydrogen-bond donors (Lipinski definition) is 2. The second kappa shape index (κ2) is 2.68. The monoisotopic (exact) mass is 158 g/mol. The maximum Gasteiger partial charge on any atom is 0.262 e. The van der Waals surface area contributed by atoms with Crippen molar-refractivity contribution in [1.29, 1.82) is 0 Å². The zero-order valence-electron chi connectivity index (χ0n) is 5.03. The van der Waals surface area contributed by atoms with Crippen molar-refractivity contribution in [3.8, 4) is 5.75 Å². The third kappa shape index (κ3) is 1.09. The van der Waals surface area contributed by atoms with E-state index in [0.717, 1.165) is 0 Å². The molecule has 0 atom stereocenters. The van der Waals surface area contributed by atoms with Gasteiger partial charge in [0.15, 0.2) is 5.75 Å². The van der Waals surface area contributed by atoms with Crippen molar-refractivity contribution in [2.45, 2.75) is 0 Å². The summed E-state index contributed by atoms with van der Waals surface area (Å²) in [6.07, 6.45) is 0. The molecule has 1 rings (SSSR count). The Morgan fingerprint density at radius 3 is 2.80 bits per heavy atom. The molecule has 4 N–H and O–H groups in total. The third-order valence-corrected chi connectivity index (χ3v) is 1.89. The third-order valence-electron chi connectivity index (χ3n) is 0.980. The smallest absolute Gasteiger partial charge is 0.262 e. The fourth-order valence-corrected chi connectivity index (χ4v) is 1.25. The van der Waals surface area contributed by atoms with Gasteiger partial charge in [-0.15, -0.1) is 11.3 Å². The van der Waals surface area contributed by atoms with E-state index in [-0.39, 0.29) is 0 Å². The van der Waals surface area contributed by atoms with E-state index in [9.17, 15) is 4.79 Å². The molecule has 5 heteroatoms. The van der Waals surface area contributed by atoms with Gasteiger partial charge in [-0.1, -0.05) is 0 Å². The molecule has 1 aromatic heterocycles. The second-order valence-corrected chi connectivity index (χ2v) is 2.51. The van der Waals surface area contributed by atoms with Crippen molar-refractivity contribution in [2.24, 2.45) is 11.6 Å². The Kier molecular flexibility index (Phi) is 1.88. The number of primary amides is 1. The Bertz CT molecular complexity index is 246. The predicted octanol–water partition coefficient (Wildman–Crippen LogP) is 0.0995. The number of carbonyl (C=O) groups is 1. The van der Waals surface area contributed by atoms with E-state index in [0.29, 0.717) is 10.6 Å². The minimum Gasteiger partial charge on any atom is -0.410 e. The summed E-state index contributed by atoms with van der Waals surface area (Å²) >= 11 is 1.20. The summed E-state index contributed by atoms with van der Waals surface area (Å²) in [6.45, 7) is 0. The van der Waals surface area contributed by atoms with E-state index in [1.54, 1.807) is 11.4 Å². The van der Waals surface area contributed by atoms with Crippen LogP contribution < -0.4 is 16.5 Å². The number of carbonyl (C=O) groups excluding carboxylic acids is 1. The van der Waals surface area contributed by atoms with Crippen LogP contribution >= 0.6 is 11.3 Å². The van der Waals surface area contributed by atoms with Crippen molar-refractivity contribution < 1.29 is 9.63 Å². The Labute approximate surface area is 61.3 Å². The lowest BCUT2D eigenvalue weighted by atomic mass is 10.4. The summed E-state index contributed by atoms with van der Waals surface area (Å²) in [6, 6.07) is 1.59. The first-order chi connectivity index (χ1) is 4.75. The van der Waals surface area contributed by atoms with E-state index in [1.807, 2.05) is 0 Å². The molecule has 0 aliphatic heterocycles. The van der Waals surface area contributed by atoms with Crippen molar-refractivity contribution in [2.75, 3.05) is 0 Å². The molecular formula is C5H6N2O2S. The van der Waals surface area contributed by atoms with E-state index in [4.69, 9.17) is 11.6 Å². The predicted molar refractivity (Wildman–Crippen MR) is 37.7 cm³/mol. The highest BCUT2D eigenvalue weighted by Gasteiger charge is 2.09. The van der Waals surface area contributed by atoms with Crippen LogP contribution in [0.1, 0.15) is 9.67 Å². The highest BCUT2D eigenvalue weighted by molar-refractivity contribution is 7.12. The molecule has 0 saturated heterocycles. The molecule has 0 aliphatic rings. The average Bonchev–Trinajstić information content (AvgIpc) is 2.33. The topological polar surface area (TPSA) is 78.3 Å². The molecule has 0 aromatic carbocycles. The fraction of sp³-hybridized carbons (Fsp3) is 0. The number of nitrogens with two attached hydrogens (primary N) is 2. The molecule has 1 aromatic rings. The Hall–Kier alpha value is -1.07. The summed E-state index contributed by atoms with van der Waals surface area (Å²) in [5, 5.41) is 1.68. The van der Waals surface area contributed by atoms with Crippen LogP contribution in [-0.4, -0.2) is 5.91 Å². The number of hydrogen-bond acceptors (Lipinski definition) is 4. The largest absolute Gasteiger partial charge is 0.410 e.